The third-order valence-corrected chi connectivity index (χ3v) is 7.24. The zero-order valence-corrected chi connectivity index (χ0v) is 17.9. The number of halogens is 1. The first-order chi connectivity index (χ1) is 15.5. The molecule has 0 radical (unpaired) electrons. The van der Waals surface area contributed by atoms with Gasteiger partial charge in [-0.25, -0.2) is 4.39 Å². The average molecular weight is 436 g/mol. The third-order valence-electron chi connectivity index (χ3n) is 7.24. The Bertz CT molecular complexity index is 1240. The molecule has 8 heteroatoms. The van der Waals surface area contributed by atoms with Crippen molar-refractivity contribution in [1.29, 1.82) is 0 Å². The van der Waals surface area contributed by atoms with Gasteiger partial charge >= 0.3 is 0 Å². The zero-order chi connectivity index (χ0) is 22.0. The Morgan fingerprint density at radius 2 is 2.00 bits per heavy atom. The van der Waals surface area contributed by atoms with Crippen molar-refractivity contribution in [1.82, 2.24) is 20.1 Å². The van der Waals surface area contributed by atoms with E-state index in [0.717, 1.165) is 37.5 Å². The molecule has 7 nitrogen and oxygen atoms in total. The van der Waals surface area contributed by atoms with E-state index in [1.54, 1.807) is 19.3 Å². The van der Waals surface area contributed by atoms with Gasteiger partial charge in [0, 0.05) is 36.9 Å². The van der Waals surface area contributed by atoms with Crippen molar-refractivity contribution in [3.8, 4) is 17.0 Å². The zero-order valence-electron chi connectivity index (χ0n) is 17.9. The number of pyridine rings is 1. The van der Waals surface area contributed by atoms with Crippen LogP contribution in [0.4, 0.5) is 10.2 Å². The molecule has 32 heavy (non-hydrogen) atoms. The van der Waals surface area contributed by atoms with Crippen LogP contribution < -0.4 is 15.8 Å². The Balaban J connectivity index is 1.34. The van der Waals surface area contributed by atoms with Crippen LogP contribution >= 0.6 is 0 Å². The smallest absolute Gasteiger partial charge is 0.258 e. The Morgan fingerprint density at radius 3 is 2.75 bits per heavy atom. The number of aromatic hydroxyl groups is 1. The summed E-state index contributed by atoms with van der Waals surface area (Å²) >= 11 is 0. The number of piperidine rings is 1. The first-order valence-corrected chi connectivity index (χ1v) is 11.3. The maximum Gasteiger partial charge on any atom is 0.258 e. The molecule has 1 aliphatic carbocycles. The minimum Gasteiger partial charge on any atom is -0.507 e. The van der Waals surface area contributed by atoms with Crippen molar-refractivity contribution in [2.75, 3.05) is 4.90 Å². The summed E-state index contributed by atoms with van der Waals surface area (Å²) in [6.07, 6.45) is 5.62. The minimum absolute atomic E-state index is 0.0133. The summed E-state index contributed by atoms with van der Waals surface area (Å²) in [6, 6.07) is 9.25. The van der Waals surface area contributed by atoms with E-state index >= 15 is 4.39 Å². The first-order valence-electron chi connectivity index (χ1n) is 11.3. The average Bonchev–Trinajstić information content (AvgIpc) is 3.55. The maximum atomic E-state index is 15.3. The first kappa shape index (κ1) is 19.7. The van der Waals surface area contributed by atoms with Gasteiger partial charge in [-0.15, -0.1) is 10.2 Å². The molecule has 2 bridgehead atoms. The number of rotatable bonds is 4. The molecule has 2 saturated heterocycles. The van der Waals surface area contributed by atoms with Gasteiger partial charge in [-0.1, -0.05) is 0 Å². The quantitative estimate of drug-likeness (QED) is 0.656. The highest BCUT2D eigenvalue weighted by molar-refractivity contribution is 5.89. The lowest BCUT2D eigenvalue weighted by atomic mass is 9.95. The Labute approximate surface area is 184 Å². The number of phenols is 1. The van der Waals surface area contributed by atoms with Crippen LogP contribution in [0.2, 0.25) is 0 Å². The van der Waals surface area contributed by atoms with Crippen molar-refractivity contribution in [3.63, 3.8) is 0 Å². The highest BCUT2D eigenvalue weighted by Gasteiger charge is 2.48. The molecule has 2 aromatic heterocycles. The lowest BCUT2D eigenvalue weighted by Crippen LogP contribution is -2.57. The summed E-state index contributed by atoms with van der Waals surface area (Å²) in [5, 5.41) is 24.0. The van der Waals surface area contributed by atoms with Crippen LogP contribution in [0.5, 0.6) is 5.75 Å². The van der Waals surface area contributed by atoms with Gasteiger partial charge in [-0.05, 0) is 67.8 Å². The second-order valence-corrected chi connectivity index (χ2v) is 9.40. The monoisotopic (exact) mass is 435 g/mol. The molecule has 1 aromatic carbocycles. The fourth-order valence-corrected chi connectivity index (χ4v) is 5.41. The fourth-order valence-electron chi connectivity index (χ4n) is 5.41. The van der Waals surface area contributed by atoms with Gasteiger partial charge in [-0.3, -0.25) is 4.79 Å². The van der Waals surface area contributed by atoms with Crippen LogP contribution in [-0.4, -0.2) is 50.2 Å². The largest absolute Gasteiger partial charge is 0.507 e. The number of benzene rings is 1. The van der Waals surface area contributed by atoms with E-state index in [4.69, 9.17) is 0 Å². The van der Waals surface area contributed by atoms with Crippen molar-refractivity contribution in [2.24, 2.45) is 7.05 Å². The number of aromatic nitrogens is 3. The number of fused-ring (bicyclic) bond motifs is 3. The van der Waals surface area contributed by atoms with Crippen LogP contribution in [0.25, 0.3) is 22.0 Å². The highest BCUT2D eigenvalue weighted by atomic mass is 19.1. The van der Waals surface area contributed by atoms with Crippen molar-refractivity contribution in [2.45, 2.75) is 62.4 Å². The van der Waals surface area contributed by atoms with Gasteiger partial charge < -0.3 is 19.9 Å². The van der Waals surface area contributed by atoms with Gasteiger partial charge in [-0.2, -0.15) is 0 Å². The molecular formula is C24H26FN5O2. The number of nitrogens with one attached hydrogen (secondary N) is 1. The van der Waals surface area contributed by atoms with Crippen LogP contribution in [0.15, 0.2) is 41.3 Å². The van der Waals surface area contributed by atoms with Crippen LogP contribution in [0, 0.1) is 0 Å². The lowest BCUT2D eigenvalue weighted by molar-refractivity contribution is 0.171. The van der Waals surface area contributed by atoms with Crippen molar-refractivity contribution >= 4 is 16.6 Å². The molecule has 4 atom stereocenters. The van der Waals surface area contributed by atoms with Gasteiger partial charge in [0.2, 0.25) is 0 Å². The molecule has 4 heterocycles. The second kappa shape index (κ2) is 7.27. The topological polar surface area (TPSA) is 83.3 Å². The minimum atomic E-state index is -0.914. The van der Waals surface area contributed by atoms with Gasteiger partial charge in [0.05, 0.1) is 17.1 Å². The summed E-state index contributed by atoms with van der Waals surface area (Å²) < 4.78 is 16.7. The predicted molar refractivity (Wildman–Crippen MR) is 121 cm³/mol. The number of aryl methyl sites for hydroxylation is 1. The van der Waals surface area contributed by atoms with E-state index in [1.807, 2.05) is 18.2 Å². The van der Waals surface area contributed by atoms with E-state index in [9.17, 15) is 9.90 Å². The maximum absolute atomic E-state index is 15.3. The normalized spacial score (nSPS) is 27.1. The number of hydrogen-bond donors (Lipinski definition) is 2. The predicted octanol–water partition coefficient (Wildman–Crippen LogP) is 2.90. The number of nitrogens with zero attached hydrogens (tertiary/aromatic N) is 4. The van der Waals surface area contributed by atoms with Crippen LogP contribution in [0.1, 0.15) is 32.1 Å². The number of alkyl halides is 1. The summed E-state index contributed by atoms with van der Waals surface area (Å²) in [7, 11) is 1.68. The van der Waals surface area contributed by atoms with E-state index < -0.39 is 6.17 Å². The summed E-state index contributed by atoms with van der Waals surface area (Å²) in [5.74, 6) is 0.681. The van der Waals surface area contributed by atoms with Gasteiger partial charge in [0.1, 0.15) is 11.9 Å². The number of phenolic OH excluding ortho intramolecular Hbond substituents is 1. The van der Waals surface area contributed by atoms with E-state index in [-0.39, 0.29) is 23.4 Å². The molecule has 2 aliphatic heterocycles. The molecule has 2 unspecified atom stereocenters. The number of hydrogen-bond acceptors (Lipinski definition) is 6. The summed E-state index contributed by atoms with van der Waals surface area (Å²) in [6.45, 7) is 0. The van der Waals surface area contributed by atoms with Crippen LogP contribution in [-0.2, 0) is 7.05 Å². The van der Waals surface area contributed by atoms with E-state index in [1.165, 1.54) is 10.6 Å². The molecule has 3 fully saturated rings. The molecule has 2 N–H and O–H groups in total. The molecule has 0 spiro atoms. The van der Waals surface area contributed by atoms with Gasteiger partial charge in [0.15, 0.2) is 5.82 Å². The van der Waals surface area contributed by atoms with Crippen molar-refractivity contribution in [3.05, 3.63) is 46.9 Å². The lowest BCUT2D eigenvalue weighted by Gasteiger charge is -2.41. The standard InChI is InChI=1S/C24H26FN5O2/c1-29-9-8-13-10-17(21(31)12-16(13)24(29)32)18-6-7-22(28-27-18)30(15-3-4-15)20-11-14-2-5-19(26-14)23(20)25/h6-10,12,14-15,19-20,23,26,31H,2-5,11H2,1H3/t14-,19+,20?,23?/m1/s1. The molecule has 3 aromatic rings. The second-order valence-electron chi connectivity index (χ2n) is 9.40. The SMILES string of the molecule is Cn1ccc2cc(-c3ccc(N(C4CC4)C4C[C@H]5CC[C@H](N5)C4F)nn3)c(O)cc2c1=O. The Morgan fingerprint density at radius 1 is 1.16 bits per heavy atom. The third kappa shape index (κ3) is 3.16. The highest BCUT2D eigenvalue weighted by Crippen LogP contribution is 2.40. The fraction of sp³-hybridized carbons (Fsp3) is 0.458. The van der Waals surface area contributed by atoms with Gasteiger partial charge in [0.25, 0.3) is 5.56 Å². The molecule has 0 amide bonds. The summed E-state index contributed by atoms with van der Waals surface area (Å²) in [5.41, 5.74) is 0.875. The van der Waals surface area contributed by atoms with Crippen LogP contribution in [0.3, 0.4) is 0 Å². The molecule has 3 aliphatic rings. The molecule has 166 valence electrons. The van der Waals surface area contributed by atoms with E-state index in [2.05, 4.69) is 20.4 Å². The molecule has 1 saturated carbocycles. The van der Waals surface area contributed by atoms with E-state index in [0.29, 0.717) is 34.5 Å². The molecular weight excluding hydrogens is 409 g/mol. The summed E-state index contributed by atoms with van der Waals surface area (Å²) in [4.78, 5) is 14.5. The Kier molecular flexibility index (Phi) is 4.47. The number of anilines is 1. The molecule has 6 rings (SSSR count). The Hall–Kier alpha value is -3.00. The van der Waals surface area contributed by atoms with Crippen molar-refractivity contribution < 1.29 is 9.50 Å².